The maximum Gasteiger partial charge on any atom is 0.164 e. The van der Waals surface area contributed by atoms with Gasteiger partial charge < -0.3 is 4.57 Å². The third kappa shape index (κ3) is 6.56. The summed E-state index contributed by atoms with van der Waals surface area (Å²) in [6, 6.07) is 82.3. The molecule has 0 atom stereocenters. The first-order chi connectivity index (χ1) is 32.7. The molecule has 0 amide bonds. The van der Waals surface area contributed by atoms with Gasteiger partial charge in [-0.15, -0.1) is 11.3 Å². The molecule has 5 heteroatoms. The van der Waals surface area contributed by atoms with Crippen molar-refractivity contribution in [2.24, 2.45) is 0 Å². The van der Waals surface area contributed by atoms with Crippen LogP contribution in [-0.2, 0) is 0 Å². The third-order valence-electron chi connectivity index (χ3n) is 12.9. The van der Waals surface area contributed by atoms with Crippen molar-refractivity contribution in [1.82, 2.24) is 19.5 Å². The van der Waals surface area contributed by atoms with Gasteiger partial charge >= 0.3 is 0 Å². The fourth-order valence-electron chi connectivity index (χ4n) is 9.56. The summed E-state index contributed by atoms with van der Waals surface area (Å²) < 4.78 is 4.98. The number of thiophene rings is 1. The maximum atomic E-state index is 5.28. The van der Waals surface area contributed by atoms with Crippen LogP contribution in [0.5, 0.6) is 0 Å². The van der Waals surface area contributed by atoms with Crippen molar-refractivity contribution in [3.8, 4) is 73.2 Å². The van der Waals surface area contributed by atoms with Crippen LogP contribution in [-0.4, -0.2) is 19.5 Å². The summed E-state index contributed by atoms with van der Waals surface area (Å²) in [7, 11) is 0. The van der Waals surface area contributed by atoms with Gasteiger partial charge in [-0.05, 0) is 75.0 Å². The molecule has 13 rings (SSSR count). The molecule has 0 saturated heterocycles. The lowest BCUT2D eigenvalue weighted by atomic mass is 10.00. The Morgan fingerprint density at radius 1 is 0.288 bits per heavy atom. The molecular weight excluding hydrogens is 821 g/mol. The molecule has 10 aromatic carbocycles. The average Bonchev–Trinajstić information content (AvgIpc) is 3.94. The lowest BCUT2D eigenvalue weighted by molar-refractivity contribution is 1.07. The van der Waals surface area contributed by atoms with Crippen molar-refractivity contribution in [2.45, 2.75) is 0 Å². The predicted octanol–water partition coefficient (Wildman–Crippen LogP) is 16.5. The Morgan fingerprint density at radius 2 is 0.773 bits per heavy atom. The highest BCUT2D eigenvalue weighted by molar-refractivity contribution is 7.25. The Balaban J connectivity index is 0.958. The van der Waals surface area contributed by atoms with Crippen molar-refractivity contribution < 1.29 is 0 Å². The molecule has 3 heterocycles. The van der Waals surface area contributed by atoms with Crippen LogP contribution in [0.3, 0.4) is 0 Å². The minimum atomic E-state index is 0.606. The van der Waals surface area contributed by atoms with Crippen molar-refractivity contribution in [2.75, 3.05) is 0 Å². The maximum absolute atomic E-state index is 5.28. The number of para-hydroxylation sites is 2. The van der Waals surface area contributed by atoms with Gasteiger partial charge in [0.05, 0.1) is 16.7 Å². The van der Waals surface area contributed by atoms with E-state index in [9.17, 15) is 0 Å². The van der Waals surface area contributed by atoms with Gasteiger partial charge in [-0.2, -0.15) is 0 Å². The summed E-state index contributed by atoms with van der Waals surface area (Å²) in [5.41, 5.74) is 13.0. The van der Waals surface area contributed by atoms with Gasteiger partial charge in [0.15, 0.2) is 17.5 Å². The summed E-state index contributed by atoms with van der Waals surface area (Å²) in [5.74, 6) is 1.84. The molecule has 3 aromatic heterocycles. The second-order valence-corrected chi connectivity index (χ2v) is 17.9. The first-order valence-corrected chi connectivity index (χ1v) is 23.1. The number of fused-ring (bicyclic) bond motifs is 7. The molecule has 0 unspecified atom stereocenters. The molecule has 4 nitrogen and oxygen atoms in total. The first kappa shape index (κ1) is 38.0. The van der Waals surface area contributed by atoms with E-state index in [0.29, 0.717) is 17.5 Å². The SMILES string of the molecule is c1ccc(-c2ccc(-c3nc(-c4ccc(-c5ccc6ccccc6c5)cc4)nc(-c4ccc(-c5ccc6c(c5)sc5ccccc56)cc4)n3)cc2-n2c3ccccc3c3ccccc32)cc1. The molecular formula is C61H38N4S. The highest BCUT2D eigenvalue weighted by atomic mass is 32.1. The van der Waals surface area contributed by atoms with E-state index in [2.05, 4.69) is 235 Å². The summed E-state index contributed by atoms with van der Waals surface area (Å²) in [5, 5.41) is 7.47. The molecule has 66 heavy (non-hydrogen) atoms. The molecule has 0 radical (unpaired) electrons. The fourth-order valence-corrected chi connectivity index (χ4v) is 10.7. The monoisotopic (exact) mass is 858 g/mol. The van der Waals surface area contributed by atoms with Gasteiger partial charge in [0.2, 0.25) is 0 Å². The summed E-state index contributed by atoms with van der Waals surface area (Å²) in [4.78, 5) is 15.8. The van der Waals surface area contributed by atoms with E-state index in [4.69, 9.17) is 15.0 Å². The summed E-state index contributed by atoms with van der Waals surface area (Å²) in [6.45, 7) is 0. The topological polar surface area (TPSA) is 43.6 Å². The Kier molecular flexibility index (Phi) is 9.00. The average molecular weight is 859 g/mol. The van der Waals surface area contributed by atoms with E-state index in [1.54, 1.807) is 0 Å². The van der Waals surface area contributed by atoms with Crippen LogP contribution in [0.4, 0.5) is 0 Å². The van der Waals surface area contributed by atoms with E-state index in [1.165, 1.54) is 52.8 Å². The fraction of sp³-hybridized carbons (Fsp3) is 0. The van der Waals surface area contributed by atoms with Crippen LogP contribution in [0.15, 0.2) is 231 Å². The second kappa shape index (κ2) is 15.6. The lowest BCUT2D eigenvalue weighted by Gasteiger charge is -2.16. The zero-order valence-corrected chi connectivity index (χ0v) is 36.5. The van der Waals surface area contributed by atoms with Gasteiger partial charge in [-0.3, -0.25) is 0 Å². The van der Waals surface area contributed by atoms with Crippen LogP contribution >= 0.6 is 11.3 Å². The second-order valence-electron chi connectivity index (χ2n) is 16.8. The number of hydrogen-bond donors (Lipinski definition) is 0. The van der Waals surface area contributed by atoms with Gasteiger partial charge in [-0.1, -0.05) is 194 Å². The smallest absolute Gasteiger partial charge is 0.164 e. The van der Waals surface area contributed by atoms with E-state index in [1.807, 2.05) is 11.3 Å². The van der Waals surface area contributed by atoms with Crippen LogP contribution in [0.25, 0.3) is 126 Å². The van der Waals surface area contributed by atoms with Crippen molar-refractivity contribution in [1.29, 1.82) is 0 Å². The van der Waals surface area contributed by atoms with Crippen molar-refractivity contribution >= 4 is 64.1 Å². The first-order valence-electron chi connectivity index (χ1n) is 22.2. The lowest BCUT2D eigenvalue weighted by Crippen LogP contribution is -2.02. The molecule has 0 N–H and O–H groups in total. The number of rotatable bonds is 7. The Morgan fingerprint density at radius 3 is 1.45 bits per heavy atom. The van der Waals surface area contributed by atoms with Crippen LogP contribution in [0.1, 0.15) is 0 Å². The van der Waals surface area contributed by atoms with Crippen LogP contribution in [0, 0.1) is 0 Å². The zero-order chi connectivity index (χ0) is 43.6. The molecule has 0 aliphatic carbocycles. The van der Waals surface area contributed by atoms with Gasteiger partial charge in [0.1, 0.15) is 0 Å². The summed E-state index contributed by atoms with van der Waals surface area (Å²) in [6.07, 6.45) is 0. The predicted molar refractivity (Wildman–Crippen MR) is 277 cm³/mol. The Labute approximate surface area is 385 Å². The van der Waals surface area contributed by atoms with Gasteiger partial charge in [0.25, 0.3) is 0 Å². The molecule has 0 aliphatic heterocycles. The number of nitrogens with zero attached hydrogens (tertiary/aromatic N) is 4. The highest BCUT2D eigenvalue weighted by Crippen LogP contribution is 2.40. The molecule has 0 bridgehead atoms. The van der Waals surface area contributed by atoms with Gasteiger partial charge in [-0.25, -0.2) is 15.0 Å². The molecule has 308 valence electrons. The minimum Gasteiger partial charge on any atom is -0.309 e. The van der Waals surface area contributed by atoms with Crippen LogP contribution in [0.2, 0.25) is 0 Å². The van der Waals surface area contributed by atoms with Crippen molar-refractivity contribution in [3.63, 3.8) is 0 Å². The highest BCUT2D eigenvalue weighted by Gasteiger charge is 2.19. The van der Waals surface area contributed by atoms with E-state index < -0.39 is 0 Å². The Bertz CT molecular complexity index is 3930. The standard InChI is InChI=1S/C61H38N4S/c1-2-13-42(14-3-1)49-34-33-48(37-56(49)65-54-19-9-6-16-50(54)51-17-7-10-20-55(51)65)61-63-59(43-27-22-40(23-28-43)46-31-26-39-12-4-5-15-45(39)36-46)62-60(64-61)44-29-24-41(25-30-44)47-32-35-53-52-18-8-11-21-57(52)66-58(53)38-47/h1-38H. The van der Waals surface area contributed by atoms with E-state index in [0.717, 1.165) is 55.7 Å². The number of hydrogen-bond acceptors (Lipinski definition) is 4. The number of aromatic nitrogens is 4. The largest absolute Gasteiger partial charge is 0.309 e. The molecule has 0 aliphatic rings. The summed E-state index contributed by atoms with van der Waals surface area (Å²) >= 11 is 1.84. The molecule has 0 saturated carbocycles. The normalized spacial score (nSPS) is 11.6. The molecule has 0 spiro atoms. The van der Waals surface area contributed by atoms with E-state index in [-0.39, 0.29) is 0 Å². The molecule has 0 fully saturated rings. The quantitative estimate of drug-likeness (QED) is 0.160. The van der Waals surface area contributed by atoms with Crippen molar-refractivity contribution in [3.05, 3.63) is 231 Å². The minimum absolute atomic E-state index is 0.606. The number of benzene rings is 10. The van der Waals surface area contributed by atoms with Crippen LogP contribution < -0.4 is 0 Å². The van der Waals surface area contributed by atoms with E-state index >= 15 is 0 Å². The third-order valence-corrected chi connectivity index (χ3v) is 14.0. The van der Waals surface area contributed by atoms with Gasteiger partial charge in [0, 0.05) is 53.2 Å². The molecule has 13 aromatic rings. The Hall–Kier alpha value is -8.51. The zero-order valence-electron chi connectivity index (χ0n) is 35.6.